The van der Waals surface area contributed by atoms with E-state index in [0.29, 0.717) is 19.4 Å². The molecule has 0 bridgehead atoms. The summed E-state index contributed by atoms with van der Waals surface area (Å²) in [5.41, 5.74) is 2.26. The van der Waals surface area contributed by atoms with Crippen LogP contribution in [-0.2, 0) is 16.1 Å². The first-order valence-electron chi connectivity index (χ1n) is 5.78. The first-order chi connectivity index (χ1) is 8.16. The van der Waals surface area contributed by atoms with Gasteiger partial charge < -0.3 is 10.6 Å². The van der Waals surface area contributed by atoms with Crippen molar-refractivity contribution in [1.82, 2.24) is 10.6 Å². The van der Waals surface area contributed by atoms with E-state index >= 15 is 0 Å². The van der Waals surface area contributed by atoms with Gasteiger partial charge in [-0.15, -0.1) is 0 Å². The van der Waals surface area contributed by atoms with Crippen molar-refractivity contribution in [1.29, 1.82) is 0 Å². The smallest absolute Gasteiger partial charge is 0.242 e. The molecule has 1 heterocycles. The summed E-state index contributed by atoms with van der Waals surface area (Å²) in [6.45, 7) is 2.52. The van der Waals surface area contributed by atoms with Gasteiger partial charge >= 0.3 is 0 Å². The highest BCUT2D eigenvalue weighted by molar-refractivity contribution is 5.90. The van der Waals surface area contributed by atoms with E-state index in [0.717, 1.165) is 11.1 Å². The molecule has 1 atom stereocenters. The van der Waals surface area contributed by atoms with Gasteiger partial charge in [0, 0.05) is 13.0 Å². The predicted molar refractivity (Wildman–Crippen MR) is 64.2 cm³/mol. The Morgan fingerprint density at radius 3 is 2.88 bits per heavy atom. The first-order valence-corrected chi connectivity index (χ1v) is 5.78. The summed E-state index contributed by atoms with van der Waals surface area (Å²) in [4.78, 5) is 22.7. The largest absolute Gasteiger partial charge is 0.350 e. The molecule has 0 saturated carbocycles. The molecular weight excluding hydrogens is 216 g/mol. The fourth-order valence-corrected chi connectivity index (χ4v) is 1.92. The Morgan fingerprint density at radius 2 is 2.24 bits per heavy atom. The number of rotatable bonds is 3. The minimum atomic E-state index is -0.355. The number of amides is 2. The van der Waals surface area contributed by atoms with Gasteiger partial charge in [0.1, 0.15) is 6.04 Å². The average molecular weight is 232 g/mol. The molecule has 1 aliphatic heterocycles. The minimum absolute atomic E-state index is 0.0407. The summed E-state index contributed by atoms with van der Waals surface area (Å²) in [7, 11) is 0. The number of nitrogens with one attached hydrogen (secondary N) is 2. The molecule has 0 radical (unpaired) electrons. The van der Waals surface area contributed by atoms with Crippen molar-refractivity contribution in [3.8, 4) is 0 Å². The maximum atomic E-state index is 11.7. The zero-order valence-electron chi connectivity index (χ0n) is 9.82. The van der Waals surface area contributed by atoms with E-state index in [4.69, 9.17) is 0 Å². The molecular formula is C13H16N2O2. The van der Waals surface area contributed by atoms with Crippen molar-refractivity contribution in [3.63, 3.8) is 0 Å². The Kier molecular flexibility index (Phi) is 3.42. The minimum Gasteiger partial charge on any atom is -0.350 e. The fourth-order valence-electron chi connectivity index (χ4n) is 1.92. The van der Waals surface area contributed by atoms with Crippen LogP contribution >= 0.6 is 0 Å². The van der Waals surface area contributed by atoms with E-state index in [9.17, 15) is 9.59 Å². The van der Waals surface area contributed by atoms with E-state index in [1.807, 2.05) is 31.2 Å². The number of carbonyl (C=O) groups excluding carboxylic acids is 2. The quantitative estimate of drug-likeness (QED) is 0.813. The van der Waals surface area contributed by atoms with Crippen LogP contribution in [0.15, 0.2) is 24.3 Å². The van der Waals surface area contributed by atoms with E-state index in [1.54, 1.807) is 0 Å². The van der Waals surface area contributed by atoms with Crippen molar-refractivity contribution >= 4 is 11.8 Å². The lowest BCUT2D eigenvalue weighted by atomic mass is 10.1. The summed E-state index contributed by atoms with van der Waals surface area (Å²) < 4.78 is 0. The molecule has 17 heavy (non-hydrogen) atoms. The third kappa shape index (κ3) is 2.84. The SMILES string of the molecule is Cc1ccccc1CNC(=O)C1CCC(=O)N1. The molecule has 1 aromatic carbocycles. The van der Waals surface area contributed by atoms with Gasteiger partial charge in [-0.3, -0.25) is 9.59 Å². The van der Waals surface area contributed by atoms with Crippen LogP contribution in [0, 0.1) is 6.92 Å². The van der Waals surface area contributed by atoms with Crippen molar-refractivity contribution in [2.75, 3.05) is 0 Å². The number of benzene rings is 1. The summed E-state index contributed by atoms with van der Waals surface area (Å²) in [6, 6.07) is 7.57. The molecule has 1 aromatic rings. The van der Waals surface area contributed by atoms with Crippen LogP contribution in [0.3, 0.4) is 0 Å². The topological polar surface area (TPSA) is 58.2 Å². The Bertz CT molecular complexity index is 443. The predicted octanol–water partition coefficient (Wildman–Crippen LogP) is 0.890. The van der Waals surface area contributed by atoms with Gasteiger partial charge in [-0.25, -0.2) is 0 Å². The van der Waals surface area contributed by atoms with E-state index in [2.05, 4.69) is 10.6 Å². The monoisotopic (exact) mass is 232 g/mol. The second-order valence-electron chi connectivity index (χ2n) is 4.30. The molecule has 1 fully saturated rings. The fraction of sp³-hybridized carbons (Fsp3) is 0.385. The summed E-state index contributed by atoms with van der Waals surface area (Å²) in [5, 5.41) is 5.50. The van der Waals surface area contributed by atoms with Crippen LogP contribution in [0.4, 0.5) is 0 Å². The molecule has 90 valence electrons. The summed E-state index contributed by atoms with van der Waals surface area (Å²) in [5.74, 6) is -0.139. The lowest BCUT2D eigenvalue weighted by Crippen LogP contribution is -2.41. The lowest BCUT2D eigenvalue weighted by molar-refractivity contribution is -0.125. The third-order valence-corrected chi connectivity index (χ3v) is 3.03. The standard InChI is InChI=1S/C13H16N2O2/c1-9-4-2-3-5-10(9)8-14-13(17)11-6-7-12(16)15-11/h2-5,11H,6-8H2,1H3,(H,14,17)(H,15,16). The molecule has 2 amide bonds. The molecule has 2 N–H and O–H groups in total. The average Bonchev–Trinajstić information content (AvgIpc) is 2.74. The van der Waals surface area contributed by atoms with Gasteiger partial charge in [0.05, 0.1) is 0 Å². The molecule has 1 unspecified atom stereocenters. The van der Waals surface area contributed by atoms with Crippen molar-refractivity contribution in [2.45, 2.75) is 32.4 Å². The van der Waals surface area contributed by atoms with E-state index < -0.39 is 0 Å². The summed E-state index contributed by atoms with van der Waals surface area (Å²) >= 11 is 0. The number of carbonyl (C=O) groups is 2. The maximum Gasteiger partial charge on any atom is 0.242 e. The highest BCUT2D eigenvalue weighted by Gasteiger charge is 2.26. The van der Waals surface area contributed by atoms with Gasteiger partial charge in [-0.05, 0) is 24.5 Å². The molecule has 1 aliphatic rings. The molecule has 2 rings (SSSR count). The Hall–Kier alpha value is -1.84. The van der Waals surface area contributed by atoms with E-state index in [-0.39, 0.29) is 17.9 Å². The van der Waals surface area contributed by atoms with Crippen molar-refractivity contribution in [2.24, 2.45) is 0 Å². The van der Waals surface area contributed by atoms with Crippen LogP contribution in [0.5, 0.6) is 0 Å². The van der Waals surface area contributed by atoms with Crippen LogP contribution in [0.25, 0.3) is 0 Å². The van der Waals surface area contributed by atoms with Gasteiger partial charge in [-0.2, -0.15) is 0 Å². The molecule has 4 heteroatoms. The zero-order chi connectivity index (χ0) is 12.3. The Balaban J connectivity index is 1.88. The van der Waals surface area contributed by atoms with Gasteiger partial charge in [0.25, 0.3) is 0 Å². The first kappa shape index (κ1) is 11.6. The number of aryl methyl sites for hydroxylation is 1. The van der Waals surface area contributed by atoms with Crippen LogP contribution in [-0.4, -0.2) is 17.9 Å². The zero-order valence-corrected chi connectivity index (χ0v) is 9.82. The second-order valence-corrected chi connectivity index (χ2v) is 4.30. The normalized spacial score (nSPS) is 18.9. The van der Waals surface area contributed by atoms with Gasteiger partial charge in [-0.1, -0.05) is 24.3 Å². The van der Waals surface area contributed by atoms with Crippen LogP contribution < -0.4 is 10.6 Å². The summed E-state index contributed by atoms with van der Waals surface area (Å²) in [6.07, 6.45) is 1.04. The molecule has 0 aliphatic carbocycles. The molecule has 0 aromatic heterocycles. The Labute approximate surface area is 100 Å². The maximum absolute atomic E-state index is 11.7. The number of hydrogen-bond acceptors (Lipinski definition) is 2. The van der Waals surface area contributed by atoms with E-state index in [1.165, 1.54) is 0 Å². The molecule has 0 spiro atoms. The highest BCUT2D eigenvalue weighted by Crippen LogP contribution is 2.09. The van der Waals surface area contributed by atoms with Crippen molar-refractivity contribution in [3.05, 3.63) is 35.4 Å². The van der Waals surface area contributed by atoms with Gasteiger partial charge in [0.15, 0.2) is 0 Å². The third-order valence-electron chi connectivity index (χ3n) is 3.03. The molecule has 1 saturated heterocycles. The van der Waals surface area contributed by atoms with Crippen LogP contribution in [0.1, 0.15) is 24.0 Å². The van der Waals surface area contributed by atoms with Gasteiger partial charge in [0.2, 0.25) is 11.8 Å². The second kappa shape index (κ2) is 4.99. The molecule has 4 nitrogen and oxygen atoms in total. The van der Waals surface area contributed by atoms with Crippen molar-refractivity contribution < 1.29 is 9.59 Å². The van der Waals surface area contributed by atoms with Crippen LogP contribution in [0.2, 0.25) is 0 Å². The highest BCUT2D eigenvalue weighted by atomic mass is 16.2. The Morgan fingerprint density at radius 1 is 1.47 bits per heavy atom. The lowest BCUT2D eigenvalue weighted by Gasteiger charge is -2.12. The number of hydrogen-bond donors (Lipinski definition) is 2.